The Morgan fingerprint density at radius 2 is 1.86 bits per heavy atom. The molecule has 0 saturated carbocycles. The van der Waals surface area contributed by atoms with Gasteiger partial charge < -0.3 is 19.4 Å². The maximum Gasteiger partial charge on any atom is 0.344 e. The molecule has 4 aromatic rings. The van der Waals surface area contributed by atoms with Crippen LogP contribution in [0.25, 0.3) is 0 Å². The quantitative estimate of drug-likeness (QED) is 0.354. The first kappa shape index (κ1) is 25.1. The van der Waals surface area contributed by atoms with E-state index in [0.717, 1.165) is 11.3 Å². The van der Waals surface area contributed by atoms with Gasteiger partial charge >= 0.3 is 5.97 Å². The molecule has 0 atom stereocenters. The molecular weight excluding hydrogens is 477 g/mol. The molecule has 1 aromatic carbocycles. The number of benzene rings is 1. The second kappa shape index (κ2) is 11.1. The van der Waals surface area contributed by atoms with E-state index in [4.69, 9.17) is 9.47 Å². The highest BCUT2D eigenvalue weighted by atomic mass is 19.1. The molecule has 0 saturated heterocycles. The van der Waals surface area contributed by atoms with Crippen LogP contribution in [0.15, 0.2) is 67.1 Å². The summed E-state index contributed by atoms with van der Waals surface area (Å²) in [6.07, 6.45) is 4.50. The highest BCUT2D eigenvalue weighted by Gasteiger charge is 2.22. The second-order valence-electron chi connectivity index (χ2n) is 8.03. The number of aromatic nitrogens is 3. The molecule has 0 fully saturated rings. The van der Waals surface area contributed by atoms with Crippen molar-refractivity contribution < 1.29 is 23.5 Å². The first-order valence-corrected chi connectivity index (χ1v) is 11.2. The molecule has 0 unspecified atom stereocenters. The number of rotatable bonds is 8. The number of carbonyl (C=O) groups is 2. The molecular formula is C27H22FN5O4. The first-order chi connectivity index (χ1) is 17.9. The Bertz CT molecular complexity index is 1480. The number of hydrogen-bond acceptors (Lipinski definition) is 7. The van der Waals surface area contributed by atoms with E-state index in [1.165, 1.54) is 30.6 Å². The molecule has 0 spiro atoms. The maximum absolute atomic E-state index is 13.3. The van der Waals surface area contributed by atoms with Crippen molar-refractivity contribution >= 4 is 17.7 Å². The lowest BCUT2D eigenvalue weighted by Crippen LogP contribution is -2.23. The van der Waals surface area contributed by atoms with E-state index in [1.54, 1.807) is 48.0 Å². The zero-order chi connectivity index (χ0) is 26.4. The number of nitrogens with zero attached hydrogens (tertiary/aromatic N) is 4. The van der Waals surface area contributed by atoms with Crippen LogP contribution in [0.5, 0.6) is 11.6 Å². The van der Waals surface area contributed by atoms with Gasteiger partial charge in [-0.1, -0.05) is 12.1 Å². The van der Waals surface area contributed by atoms with Crippen LogP contribution in [0.2, 0.25) is 0 Å². The van der Waals surface area contributed by atoms with Crippen molar-refractivity contribution in [1.29, 1.82) is 5.26 Å². The number of ether oxygens (including phenoxy) is 2. The van der Waals surface area contributed by atoms with E-state index < -0.39 is 18.5 Å². The van der Waals surface area contributed by atoms with Crippen LogP contribution in [0.1, 0.15) is 32.7 Å². The zero-order valence-electron chi connectivity index (χ0n) is 20.1. The second-order valence-corrected chi connectivity index (χ2v) is 8.03. The van der Waals surface area contributed by atoms with Crippen molar-refractivity contribution in [2.75, 3.05) is 11.9 Å². The molecule has 1 N–H and O–H groups in total. The van der Waals surface area contributed by atoms with Crippen molar-refractivity contribution in [3.63, 3.8) is 0 Å². The molecule has 0 aliphatic carbocycles. The van der Waals surface area contributed by atoms with Gasteiger partial charge in [0.2, 0.25) is 5.88 Å². The molecule has 0 aliphatic rings. The van der Waals surface area contributed by atoms with E-state index in [-0.39, 0.29) is 23.1 Å². The van der Waals surface area contributed by atoms with Crippen LogP contribution in [-0.4, -0.2) is 33.0 Å². The third kappa shape index (κ3) is 5.79. The maximum atomic E-state index is 13.3. The summed E-state index contributed by atoms with van der Waals surface area (Å²) in [5, 5.41) is 12.4. The van der Waals surface area contributed by atoms with Gasteiger partial charge in [-0.15, -0.1) is 0 Å². The number of anilines is 1. The Balaban J connectivity index is 1.48. The smallest absolute Gasteiger partial charge is 0.344 e. The minimum absolute atomic E-state index is 0.00657. The van der Waals surface area contributed by atoms with Crippen LogP contribution >= 0.6 is 0 Å². The fraction of sp³-hybridized carbons (Fsp3) is 0.148. The van der Waals surface area contributed by atoms with Crippen molar-refractivity contribution in [2.45, 2.75) is 20.4 Å². The van der Waals surface area contributed by atoms with Gasteiger partial charge in [0, 0.05) is 24.6 Å². The molecule has 186 valence electrons. The third-order valence-electron chi connectivity index (χ3n) is 5.63. The van der Waals surface area contributed by atoms with Crippen LogP contribution < -0.4 is 10.1 Å². The van der Waals surface area contributed by atoms with Crippen LogP contribution in [0.3, 0.4) is 0 Å². The molecule has 4 rings (SSSR count). The minimum Gasteiger partial charge on any atom is -0.452 e. The Labute approximate surface area is 212 Å². The predicted molar refractivity (Wildman–Crippen MR) is 132 cm³/mol. The van der Waals surface area contributed by atoms with E-state index in [9.17, 15) is 19.2 Å². The summed E-state index contributed by atoms with van der Waals surface area (Å²) in [6, 6.07) is 14.4. The van der Waals surface area contributed by atoms with E-state index in [1.807, 2.05) is 6.92 Å². The molecule has 9 nitrogen and oxygen atoms in total. The zero-order valence-corrected chi connectivity index (χ0v) is 20.1. The third-order valence-corrected chi connectivity index (χ3v) is 5.63. The summed E-state index contributed by atoms with van der Waals surface area (Å²) >= 11 is 0. The van der Waals surface area contributed by atoms with Crippen LogP contribution in [-0.2, 0) is 16.1 Å². The van der Waals surface area contributed by atoms with Gasteiger partial charge in [0.05, 0.1) is 11.8 Å². The Morgan fingerprint density at radius 1 is 1.11 bits per heavy atom. The van der Waals surface area contributed by atoms with Gasteiger partial charge in [-0.2, -0.15) is 5.26 Å². The van der Waals surface area contributed by atoms with Gasteiger partial charge in [-0.05, 0) is 61.4 Å². The normalized spacial score (nSPS) is 10.4. The first-order valence-electron chi connectivity index (χ1n) is 11.2. The Morgan fingerprint density at radius 3 is 2.57 bits per heavy atom. The summed E-state index contributed by atoms with van der Waals surface area (Å²) in [5.74, 6) is -1.15. The van der Waals surface area contributed by atoms with Gasteiger partial charge in [-0.3, -0.25) is 9.78 Å². The number of nitrogens with one attached hydrogen (secondary N) is 1. The molecule has 0 radical (unpaired) electrons. The Kier molecular flexibility index (Phi) is 7.54. The molecule has 3 aromatic heterocycles. The van der Waals surface area contributed by atoms with Gasteiger partial charge in [0.15, 0.2) is 6.61 Å². The van der Waals surface area contributed by atoms with Crippen LogP contribution in [0, 0.1) is 31.0 Å². The summed E-state index contributed by atoms with van der Waals surface area (Å²) in [5.41, 5.74) is 2.57. The van der Waals surface area contributed by atoms with E-state index in [0.29, 0.717) is 23.4 Å². The average molecular weight is 500 g/mol. The number of hydrogen-bond donors (Lipinski definition) is 1. The molecule has 0 bridgehead atoms. The van der Waals surface area contributed by atoms with Crippen molar-refractivity contribution in [2.24, 2.45) is 0 Å². The standard InChI is InChI=1S/C27H22FN5O4/c1-17-18(2)33(15-19-7-9-20(28)10-8-19)25(23(17)13-29)32-24(34)16-36-27(35)22-6-4-12-31-26(22)37-21-5-3-11-30-14-21/h3-12,14H,15-16H2,1-2H3,(H,32,34). The average Bonchev–Trinajstić information content (AvgIpc) is 3.13. The summed E-state index contributed by atoms with van der Waals surface area (Å²) in [7, 11) is 0. The largest absolute Gasteiger partial charge is 0.452 e. The van der Waals surface area contributed by atoms with Gasteiger partial charge in [0.25, 0.3) is 5.91 Å². The molecule has 37 heavy (non-hydrogen) atoms. The lowest BCUT2D eigenvalue weighted by Gasteiger charge is -2.14. The lowest BCUT2D eigenvalue weighted by molar-refractivity contribution is -0.119. The summed E-state index contributed by atoms with van der Waals surface area (Å²) in [6.45, 7) is 3.29. The van der Waals surface area contributed by atoms with Crippen molar-refractivity contribution in [1.82, 2.24) is 14.5 Å². The van der Waals surface area contributed by atoms with Gasteiger partial charge in [0.1, 0.15) is 29.0 Å². The number of halogens is 1. The number of carbonyl (C=O) groups excluding carboxylic acids is 2. The van der Waals surface area contributed by atoms with E-state index in [2.05, 4.69) is 21.4 Å². The SMILES string of the molecule is Cc1c(C#N)c(NC(=O)COC(=O)c2cccnc2Oc2cccnc2)n(Cc2ccc(F)cc2)c1C. The molecule has 3 heterocycles. The van der Waals surface area contributed by atoms with Crippen molar-refractivity contribution in [3.05, 3.63) is 101 Å². The summed E-state index contributed by atoms with van der Waals surface area (Å²) in [4.78, 5) is 33.5. The fourth-order valence-corrected chi connectivity index (χ4v) is 3.62. The van der Waals surface area contributed by atoms with E-state index >= 15 is 0 Å². The lowest BCUT2D eigenvalue weighted by atomic mass is 10.2. The molecule has 0 aliphatic heterocycles. The monoisotopic (exact) mass is 499 g/mol. The fourth-order valence-electron chi connectivity index (χ4n) is 3.62. The summed E-state index contributed by atoms with van der Waals surface area (Å²) < 4.78 is 25.9. The topological polar surface area (TPSA) is 119 Å². The molecule has 10 heteroatoms. The predicted octanol–water partition coefficient (Wildman–Crippen LogP) is 4.54. The number of nitriles is 1. The number of amides is 1. The highest BCUT2D eigenvalue weighted by molar-refractivity contribution is 5.97. The number of esters is 1. The molecule has 1 amide bonds. The van der Waals surface area contributed by atoms with Crippen LogP contribution in [0.4, 0.5) is 10.2 Å². The Hall–Kier alpha value is -5.04. The minimum atomic E-state index is -0.809. The number of pyridine rings is 2. The van der Waals surface area contributed by atoms with Gasteiger partial charge in [-0.25, -0.2) is 14.2 Å². The highest BCUT2D eigenvalue weighted by Crippen LogP contribution is 2.28. The van der Waals surface area contributed by atoms with Crippen molar-refractivity contribution in [3.8, 4) is 17.7 Å².